The van der Waals surface area contributed by atoms with Crippen molar-refractivity contribution in [3.05, 3.63) is 35.4 Å². The molecule has 0 saturated heterocycles. The van der Waals surface area contributed by atoms with Crippen LogP contribution >= 0.6 is 0 Å². The second kappa shape index (κ2) is 16.7. The van der Waals surface area contributed by atoms with Crippen LogP contribution in [-0.4, -0.2) is 62.3 Å². The molecule has 1 unspecified atom stereocenters. The van der Waals surface area contributed by atoms with E-state index >= 15 is 0 Å². The van der Waals surface area contributed by atoms with Crippen LogP contribution in [0.15, 0.2) is 24.3 Å². The van der Waals surface area contributed by atoms with Crippen LogP contribution in [0.4, 0.5) is 0 Å². The fraction of sp³-hybridized carbons (Fsp3) is 0.652. The third-order valence-electron chi connectivity index (χ3n) is 5.04. The Kier molecular flexibility index (Phi) is 15.6. The summed E-state index contributed by atoms with van der Waals surface area (Å²) in [6.07, 6.45) is 7.97. The van der Waals surface area contributed by atoms with Gasteiger partial charge in [-0.1, -0.05) is 63.3 Å². The number of carbonyl (C=O) groups is 2. The van der Waals surface area contributed by atoms with Gasteiger partial charge in [-0.2, -0.15) is 0 Å². The van der Waals surface area contributed by atoms with Crippen molar-refractivity contribution in [2.75, 3.05) is 13.2 Å². The zero-order chi connectivity index (χ0) is 23.7. The van der Waals surface area contributed by atoms with Gasteiger partial charge in [0.15, 0.2) is 6.10 Å². The number of hydrogen-bond acceptors (Lipinski definition) is 6. The third kappa shape index (κ3) is 14.6. The lowest BCUT2D eigenvalue weighted by atomic mass is 9.93. The highest BCUT2D eigenvalue weighted by atomic mass is 16.4. The van der Waals surface area contributed by atoms with Gasteiger partial charge in [-0.05, 0) is 36.8 Å². The predicted octanol–water partition coefficient (Wildman–Crippen LogP) is 2.11. The third-order valence-corrected chi connectivity index (χ3v) is 5.04. The van der Waals surface area contributed by atoms with Gasteiger partial charge in [0.1, 0.15) is 0 Å². The molecule has 0 aliphatic rings. The maximum Gasteiger partial charge on any atom is 0.333 e. The van der Waals surface area contributed by atoms with Gasteiger partial charge >= 0.3 is 11.9 Å². The summed E-state index contributed by atoms with van der Waals surface area (Å²) >= 11 is 0. The van der Waals surface area contributed by atoms with Crippen LogP contribution in [0.5, 0.6) is 0 Å². The van der Waals surface area contributed by atoms with E-state index in [4.69, 9.17) is 21.1 Å². The minimum absolute atomic E-state index is 0.181. The first-order valence-electron chi connectivity index (χ1n) is 10.9. The molecule has 0 radical (unpaired) electrons. The number of aliphatic hydroxyl groups excluding tert-OH is 3. The van der Waals surface area contributed by atoms with Gasteiger partial charge in [0.25, 0.3) is 0 Å². The molecule has 0 aliphatic heterocycles. The molecule has 8 nitrogen and oxygen atoms in total. The highest BCUT2D eigenvalue weighted by Crippen LogP contribution is 2.14. The smallest absolute Gasteiger partial charge is 0.333 e. The summed E-state index contributed by atoms with van der Waals surface area (Å²) in [6, 6.07) is 8.66. The Morgan fingerprint density at radius 1 is 0.903 bits per heavy atom. The first-order chi connectivity index (χ1) is 14.7. The van der Waals surface area contributed by atoms with Gasteiger partial charge in [0, 0.05) is 0 Å². The molecule has 0 spiro atoms. The van der Waals surface area contributed by atoms with Crippen molar-refractivity contribution in [3.8, 4) is 0 Å². The standard InChI is InChI=1S/C19H33NO2.C4H6O5/c1-2-3-4-5-6-7-8-17-9-11-18(12-10-17)13-14-19(20,15-21)16-22;5-2(4(8)9)1-3(6)7/h9-12,21-22H,2-8,13-16,20H2,1H3;2,5H,1H2,(H,6,7)(H,8,9). The van der Waals surface area contributed by atoms with E-state index in [0.29, 0.717) is 6.42 Å². The zero-order valence-electron chi connectivity index (χ0n) is 18.5. The molecule has 0 bridgehead atoms. The number of benzene rings is 1. The molecular weight excluding hydrogens is 402 g/mol. The van der Waals surface area contributed by atoms with E-state index in [1.165, 1.54) is 49.7 Å². The Labute approximate surface area is 184 Å². The molecule has 0 aliphatic carbocycles. The Morgan fingerprint density at radius 2 is 1.39 bits per heavy atom. The number of unbranched alkanes of at least 4 members (excludes halogenated alkanes) is 5. The second-order valence-electron chi connectivity index (χ2n) is 7.96. The van der Waals surface area contributed by atoms with Crippen molar-refractivity contribution in [1.29, 1.82) is 0 Å². The van der Waals surface area contributed by atoms with Crippen LogP contribution in [0.3, 0.4) is 0 Å². The summed E-state index contributed by atoms with van der Waals surface area (Å²) < 4.78 is 0. The Hall–Kier alpha value is -2.00. The number of aliphatic hydroxyl groups is 3. The van der Waals surface area contributed by atoms with Gasteiger partial charge in [0.05, 0.1) is 25.2 Å². The van der Waals surface area contributed by atoms with Crippen molar-refractivity contribution >= 4 is 11.9 Å². The summed E-state index contributed by atoms with van der Waals surface area (Å²) in [5.74, 6) is -2.85. The quantitative estimate of drug-likeness (QED) is 0.226. The molecule has 8 heteroatoms. The van der Waals surface area contributed by atoms with E-state index in [2.05, 4.69) is 31.2 Å². The average molecular weight is 442 g/mol. The van der Waals surface area contributed by atoms with E-state index in [1.54, 1.807) is 0 Å². The Balaban J connectivity index is 0.000000842. The van der Waals surface area contributed by atoms with Gasteiger partial charge in [-0.15, -0.1) is 0 Å². The van der Waals surface area contributed by atoms with Gasteiger partial charge in [0.2, 0.25) is 0 Å². The van der Waals surface area contributed by atoms with Crippen LogP contribution < -0.4 is 5.73 Å². The van der Waals surface area contributed by atoms with Crippen molar-refractivity contribution in [2.24, 2.45) is 5.73 Å². The zero-order valence-corrected chi connectivity index (χ0v) is 18.5. The van der Waals surface area contributed by atoms with E-state index in [-0.39, 0.29) is 13.2 Å². The topological polar surface area (TPSA) is 161 Å². The van der Waals surface area contributed by atoms with Gasteiger partial charge < -0.3 is 31.3 Å². The van der Waals surface area contributed by atoms with Crippen LogP contribution in [0.25, 0.3) is 0 Å². The van der Waals surface area contributed by atoms with E-state index in [1.807, 2.05) is 0 Å². The van der Waals surface area contributed by atoms with Crippen molar-refractivity contribution in [1.82, 2.24) is 0 Å². The fourth-order valence-corrected chi connectivity index (χ4v) is 2.84. The maximum atomic E-state index is 9.72. The monoisotopic (exact) mass is 441 g/mol. The molecule has 1 rings (SSSR count). The molecule has 0 aromatic heterocycles. The summed E-state index contributed by atoms with van der Waals surface area (Å²) in [5, 5.41) is 42.5. The predicted molar refractivity (Wildman–Crippen MR) is 119 cm³/mol. The molecule has 0 saturated carbocycles. The van der Waals surface area contributed by atoms with E-state index < -0.39 is 30.0 Å². The molecule has 0 fully saturated rings. The first kappa shape index (κ1) is 29.0. The normalized spacial score (nSPS) is 12.0. The largest absolute Gasteiger partial charge is 0.481 e. The molecule has 178 valence electrons. The number of nitrogens with two attached hydrogens (primary N) is 1. The lowest BCUT2D eigenvalue weighted by molar-refractivity contribution is -0.152. The summed E-state index contributed by atoms with van der Waals surface area (Å²) in [4.78, 5) is 19.4. The van der Waals surface area contributed by atoms with Crippen LogP contribution in [0, 0.1) is 0 Å². The molecule has 1 aromatic carbocycles. The minimum Gasteiger partial charge on any atom is -0.481 e. The number of aryl methyl sites for hydroxylation is 2. The average Bonchev–Trinajstić information content (AvgIpc) is 2.75. The second-order valence-corrected chi connectivity index (χ2v) is 7.96. The molecule has 0 amide bonds. The molecule has 7 N–H and O–H groups in total. The molecule has 1 atom stereocenters. The fourth-order valence-electron chi connectivity index (χ4n) is 2.84. The highest BCUT2D eigenvalue weighted by molar-refractivity contribution is 5.79. The van der Waals surface area contributed by atoms with E-state index in [9.17, 15) is 19.8 Å². The lowest BCUT2D eigenvalue weighted by Gasteiger charge is -2.24. The molecule has 31 heavy (non-hydrogen) atoms. The Bertz CT molecular complexity index is 615. The van der Waals surface area contributed by atoms with Crippen LogP contribution in [0.2, 0.25) is 0 Å². The summed E-state index contributed by atoms with van der Waals surface area (Å²) in [6.45, 7) is 1.89. The number of aliphatic carboxylic acids is 2. The van der Waals surface area contributed by atoms with E-state index in [0.717, 1.165) is 12.8 Å². The summed E-state index contributed by atoms with van der Waals surface area (Å²) in [7, 11) is 0. The number of rotatable bonds is 15. The minimum atomic E-state index is -1.79. The van der Waals surface area contributed by atoms with Crippen molar-refractivity contribution in [2.45, 2.75) is 82.8 Å². The Morgan fingerprint density at radius 3 is 1.81 bits per heavy atom. The molecule has 1 aromatic rings. The highest BCUT2D eigenvalue weighted by Gasteiger charge is 2.22. The van der Waals surface area contributed by atoms with Crippen molar-refractivity contribution < 1.29 is 35.1 Å². The van der Waals surface area contributed by atoms with Gasteiger partial charge in [-0.3, -0.25) is 4.79 Å². The SMILES string of the molecule is CCCCCCCCc1ccc(CCC(N)(CO)CO)cc1.O=C(O)CC(O)C(=O)O. The van der Waals surface area contributed by atoms with Crippen molar-refractivity contribution in [3.63, 3.8) is 0 Å². The summed E-state index contributed by atoms with van der Waals surface area (Å²) in [5.41, 5.74) is 7.63. The number of carboxylic acids is 2. The lowest BCUT2D eigenvalue weighted by Crippen LogP contribution is -2.47. The molecule has 0 heterocycles. The maximum absolute atomic E-state index is 9.72. The first-order valence-corrected chi connectivity index (χ1v) is 10.9. The number of hydrogen-bond donors (Lipinski definition) is 6. The molecular formula is C23H39NO7. The number of carboxylic acid groups (broad SMARTS) is 2. The van der Waals surface area contributed by atoms with Crippen LogP contribution in [-0.2, 0) is 22.4 Å². The van der Waals surface area contributed by atoms with Crippen LogP contribution in [0.1, 0.15) is 69.4 Å². The van der Waals surface area contributed by atoms with Gasteiger partial charge in [-0.25, -0.2) is 4.79 Å².